The van der Waals surface area contributed by atoms with Crippen molar-refractivity contribution in [1.82, 2.24) is 13.9 Å². The molecule has 0 unspecified atom stereocenters. The molecule has 0 saturated heterocycles. The van der Waals surface area contributed by atoms with Gasteiger partial charge in [-0.2, -0.15) is 0 Å². The Morgan fingerprint density at radius 2 is 1.85 bits per heavy atom. The van der Waals surface area contributed by atoms with Crippen molar-refractivity contribution in [1.29, 1.82) is 0 Å². The first-order valence-corrected chi connectivity index (χ1v) is 9.85. The first-order valence-electron chi connectivity index (χ1n) is 8.41. The third kappa shape index (κ3) is 4.38. The Labute approximate surface area is 159 Å². The van der Waals surface area contributed by atoms with Gasteiger partial charge in [0.05, 0.1) is 17.8 Å². The highest BCUT2D eigenvalue weighted by Gasteiger charge is 2.21. The highest BCUT2D eigenvalue weighted by molar-refractivity contribution is 7.89. The van der Waals surface area contributed by atoms with Crippen LogP contribution in [0.25, 0.3) is 5.69 Å². The maximum absolute atomic E-state index is 12.6. The number of hydrogen-bond acceptors (Lipinski definition) is 4. The SMILES string of the molecule is C=C(CCOc1ccc(-n2ccnc2)cc1)N(C)S(=O)(=O)c1ccccc1. The Kier molecular flexibility index (Phi) is 5.61. The lowest BCUT2D eigenvalue weighted by Crippen LogP contribution is -2.26. The summed E-state index contributed by atoms with van der Waals surface area (Å²) in [7, 11) is -2.09. The Morgan fingerprint density at radius 1 is 1.15 bits per heavy atom. The van der Waals surface area contributed by atoms with Gasteiger partial charge >= 0.3 is 0 Å². The molecule has 0 amide bonds. The standard InChI is InChI=1S/C20H21N3O3S/c1-17(22(2)27(24,25)20-6-4-3-5-7-20)12-15-26-19-10-8-18(9-11-19)23-14-13-21-16-23/h3-11,13-14,16H,1,12,15H2,2H3. The smallest absolute Gasteiger partial charge is 0.263 e. The number of rotatable bonds is 8. The van der Waals surface area contributed by atoms with E-state index in [4.69, 9.17) is 4.74 Å². The van der Waals surface area contributed by atoms with E-state index in [9.17, 15) is 8.42 Å². The second kappa shape index (κ2) is 8.09. The predicted molar refractivity (Wildman–Crippen MR) is 104 cm³/mol. The van der Waals surface area contributed by atoms with Crippen molar-refractivity contribution >= 4 is 10.0 Å². The summed E-state index contributed by atoms with van der Waals surface area (Å²) < 4.78 is 34.0. The van der Waals surface area contributed by atoms with Crippen molar-refractivity contribution in [2.24, 2.45) is 0 Å². The van der Waals surface area contributed by atoms with E-state index >= 15 is 0 Å². The van der Waals surface area contributed by atoms with E-state index in [1.165, 1.54) is 11.4 Å². The normalized spacial score (nSPS) is 11.1. The van der Waals surface area contributed by atoms with Gasteiger partial charge in [0, 0.05) is 37.2 Å². The first kappa shape index (κ1) is 18.7. The van der Waals surface area contributed by atoms with Crippen LogP contribution in [0.2, 0.25) is 0 Å². The van der Waals surface area contributed by atoms with Gasteiger partial charge in [0.1, 0.15) is 5.75 Å². The molecule has 0 fully saturated rings. The maximum atomic E-state index is 12.6. The highest BCUT2D eigenvalue weighted by Crippen LogP contribution is 2.20. The average molecular weight is 383 g/mol. The molecule has 140 valence electrons. The van der Waals surface area contributed by atoms with Crippen LogP contribution in [0.15, 0.2) is 90.5 Å². The van der Waals surface area contributed by atoms with Gasteiger partial charge in [0.2, 0.25) is 0 Å². The first-order chi connectivity index (χ1) is 13.0. The van der Waals surface area contributed by atoms with Crippen molar-refractivity contribution in [3.05, 3.63) is 85.6 Å². The lowest BCUT2D eigenvalue weighted by Gasteiger charge is -2.21. The third-order valence-electron chi connectivity index (χ3n) is 4.15. The Balaban J connectivity index is 1.55. The number of sulfonamides is 1. The second-order valence-electron chi connectivity index (χ2n) is 5.91. The van der Waals surface area contributed by atoms with Gasteiger partial charge in [0.25, 0.3) is 10.0 Å². The summed E-state index contributed by atoms with van der Waals surface area (Å²) in [6.45, 7) is 4.21. The monoisotopic (exact) mass is 383 g/mol. The van der Waals surface area contributed by atoms with Crippen molar-refractivity contribution in [2.75, 3.05) is 13.7 Å². The zero-order valence-corrected chi connectivity index (χ0v) is 15.8. The lowest BCUT2D eigenvalue weighted by atomic mass is 10.3. The van der Waals surface area contributed by atoms with Crippen LogP contribution in [0.3, 0.4) is 0 Å². The minimum Gasteiger partial charge on any atom is -0.493 e. The molecule has 1 heterocycles. The molecule has 3 aromatic rings. The quantitative estimate of drug-likeness (QED) is 0.597. The molecule has 0 atom stereocenters. The molecular weight excluding hydrogens is 362 g/mol. The van der Waals surface area contributed by atoms with E-state index in [1.54, 1.807) is 42.9 Å². The molecule has 0 aliphatic heterocycles. The molecule has 0 aliphatic rings. The predicted octanol–water partition coefficient (Wildman–Crippen LogP) is 3.48. The molecule has 27 heavy (non-hydrogen) atoms. The summed E-state index contributed by atoms with van der Waals surface area (Å²) in [6, 6.07) is 15.9. The maximum Gasteiger partial charge on any atom is 0.263 e. The third-order valence-corrected chi connectivity index (χ3v) is 5.99. The molecule has 1 aromatic heterocycles. The van der Waals surface area contributed by atoms with Gasteiger partial charge in [-0.05, 0) is 36.4 Å². The molecule has 2 aromatic carbocycles. The van der Waals surface area contributed by atoms with Crippen LogP contribution < -0.4 is 4.74 Å². The molecule has 0 saturated carbocycles. The minimum absolute atomic E-state index is 0.240. The van der Waals surface area contributed by atoms with Gasteiger partial charge in [-0.25, -0.2) is 13.4 Å². The molecule has 0 radical (unpaired) electrons. The molecular formula is C20H21N3O3S. The molecule has 7 heteroatoms. The van der Waals surface area contributed by atoms with Crippen molar-refractivity contribution in [2.45, 2.75) is 11.3 Å². The summed E-state index contributed by atoms with van der Waals surface area (Å²) in [6.07, 6.45) is 5.70. The number of imidazole rings is 1. The topological polar surface area (TPSA) is 64.4 Å². The zero-order chi connectivity index (χ0) is 19.3. The Morgan fingerprint density at radius 3 is 2.48 bits per heavy atom. The van der Waals surface area contributed by atoms with E-state index < -0.39 is 10.0 Å². The number of ether oxygens (including phenoxy) is 1. The fraction of sp³-hybridized carbons (Fsp3) is 0.150. The highest BCUT2D eigenvalue weighted by atomic mass is 32.2. The van der Waals surface area contributed by atoms with Gasteiger partial charge in [-0.15, -0.1) is 0 Å². The van der Waals surface area contributed by atoms with Gasteiger partial charge < -0.3 is 9.30 Å². The fourth-order valence-corrected chi connectivity index (χ4v) is 3.74. The van der Waals surface area contributed by atoms with Crippen molar-refractivity contribution in [3.63, 3.8) is 0 Å². The largest absolute Gasteiger partial charge is 0.493 e. The van der Waals surface area contributed by atoms with Gasteiger partial charge in [0.15, 0.2) is 0 Å². The summed E-state index contributed by atoms with van der Waals surface area (Å²) >= 11 is 0. The second-order valence-corrected chi connectivity index (χ2v) is 7.88. The van der Waals surface area contributed by atoms with Crippen LogP contribution in [0, 0.1) is 0 Å². The van der Waals surface area contributed by atoms with Crippen molar-refractivity contribution in [3.8, 4) is 11.4 Å². The molecule has 0 bridgehead atoms. The van der Waals surface area contributed by atoms with Gasteiger partial charge in [-0.1, -0.05) is 24.8 Å². The summed E-state index contributed by atoms with van der Waals surface area (Å²) in [5.41, 5.74) is 1.45. The average Bonchev–Trinajstić information content (AvgIpc) is 3.23. The van der Waals surface area contributed by atoms with Crippen LogP contribution in [-0.4, -0.2) is 35.9 Å². The van der Waals surface area contributed by atoms with E-state index in [2.05, 4.69) is 11.6 Å². The fourth-order valence-electron chi connectivity index (χ4n) is 2.49. The summed E-state index contributed by atoms with van der Waals surface area (Å²) in [5.74, 6) is 0.709. The lowest BCUT2D eigenvalue weighted by molar-refractivity contribution is 0.313. The molecule has 0 spiro atoms. The van der Waals surface area contributed by atoms with Crippen LogP contribution >= 0.6 is 0 Å². The molecule has 3 rings (SSSR count). The number of hydrogen-bond donors (Lipinski definition) is 0. The Bertz CT molecular complexity index is 983. The minimum atomic E-state index is -3.59. The molecule has 6 nitrogen and oxygen atoms in total. The van der Waals surface area contributed by atoms with E-state index in [0.717, 1.165) is 5.69 Å². The molecule has 0 N–H and O–H groups in total. The van der Waals surface area contributed by atoms with Crippen LogP contribution in [0.5, 0.6) is 5.75 Å². The Hall–Kier alpha value is -3.06. The van der Waals surface area contributed by atoms with E-state index in [0.29, 0.717) is 24.5 Å². The summed E-state index contributed by atoms with van der Waals surface area (Å²) in [4.78, 5) is 4.26. The van der Waals surface area contributed by atoms with Crippen LogP contribution in [0.1, 0.15) is 6.42 Å². The van der Waals surface area contributed by atoms with Gasteiger partial charge in [-0.3, -0.25) is 4.31 Å². The van der Waals surface area contributed by atoms with E-state index in [-0.39, 0.29) is 4.90 Å². The summed E-state index contributed by atoms with van der Waals surface area (Å²) in [5, 5.41) is 0. The molecule has 0 aliphatic carbocycles. The van der Waals surface area contributed by atoms with Crippen LogP contribution in [0.4, 0.5) is 0 Å². The zero-order valence-electron chi connectivity index (χ0n) is 15.0. The van der Waals surface area contributed by atoms with E-state index in [1.807, 2.05) is 35.0 Å². The number of aromatic nitrogens is 2. The number of benzene rings is 2. The van der Waals surface area contributed by atoms with Crippen LogP contribution in [-0.2, 0) is 10.0 Å². The number of nitrogens with zero attached hydrogens (tertiary/aromatic N) is 3. The van der Waals surface area contributed by atoms with Crippen molar-refractivity contribution < 1.29 is 13.2 Å².